The molecule has 0 saturated carbocycles. The minimum absolute atomic E-state index is 0.222. The summed E-state index contributed by atoms with van der Waals surface area (Å²) in [5.41, 5.74) is 0.0990. The van der Waals surface area contributed by atoms with Gasteiger partial charge in [0.05, 0.1) is 5.75 Å². The number of carbonyl (C=O) groups is 2. The number of hydrogen-bond donors (Lipinski definition) is 2. The molecule has 0 aliphatic carbocycles. The van der Waals surface area contributed by atoms with Gasteiger partial charge in [0, 0.05) is 10.6 Å². The van der Waals surface area contributed by atoms with Crippen molar-refractivity contribution < 1.29 is 14.7 Å². The lowest BCUT2D eigenvalue weighted by Crippen LogP contribution is -2.55. The van der Waals surface area contributed by atoms with Crippen molar-refractivity contribution in [3.05, 3.63) is 29.8 Å². The van der Waals surface area contributed by atoms with Crippen molar-refractivity contribution in [2.75, 3.05) is 17.3 Å². The standard InChI is InChI=1S/C14H17NO3S2/c1-10-2-4-11(5-3-10)20-8-12(16)15-14(13(17)18)6-7-19-9-14/h2-5H,6-9H2,1H3,(H,15,16)(H,17,18). The molecule has 2 rings (SSSR count). The molecule has 20 heavy (non-hydrogen) atoms. The lowest BCUT2D eigenvalue weighted by atomic mass is 9.99. The number of thioether (sulfide) groups is 2. The van der Waals surface area contributed by atoms with Crippen LogP contribution in [-0.4, -0.2) is 39.8 Å². The molecular formula is C14H17NO3S2. The van der Waals surface area contributed by atoms with Crippen molar-refractivity contribution >= 4 is 35.4 Å². The highest BCUT2D eigenvalue weighted by Gasteiger charge is 2.43. The molecule has 1 heterocycles. The van der Waals surface area contributed by atoms with E-state index in [1.165, 1.54) is 17.3 Å². The van der Waals surface area contributed by atoms with Crippen molar-refractivity contribution in [3.63, 3.8) is 0 Å². The summed E-state index contributed by atoms with van der Waals surface area (Å²) in [5, 5.41) is 12.0. The first-order valence-electron chi connectivity index (χ1n) is 6.33. The summed E-state index contributed by atoms with van der Waals surface area (Å²) in [6.45, 7) is 2.01. The molecule has 0 spiro atoms. The molecule has 1 aliphatic rings. The van der Waals surface area contributed by atoms with Gasteiger partial charge in [-0.3, -0.25) is 4.79 Å². The van der Waals surface area contributed by atoms with Crippen LogP contribution in [0.15, 0.2) is 29.2 Å². The van der Waals surface area contributed by atoms with E-state index in [2.05, 4.69) is 5.32 Å². The number of nitrogens with one attached hydrogen (secondary N) is 1. The van der Waals surface area contributed by atoms with Crippen molar-refractivity contribution in [3.8, 4) is 0 Å². The van der Waals surface area contributed by atoms with Crippen molar-refractivity contribution in [1.29, 1.82) is 0 Å². The van der Waals surface area contributed by atoms with Gasteiger partial charge in [0.2, 0.25) is 5.91 Å². The van der Waals surface area contributed by atoms with Crippen LogP contribution < -0.4 is 5.32 Å². The average Bonchev–Trinajstić information content (AvgIpc) is 2.88. The molecule has 0 aromatic heterocycles. The molecule has 4 nitrogen and oxygen atoms in total. The van der Waals surface area contributed by atoms with E-state index in [4.69, 9.17) is 0 Å². The van der Waals surface area contributed by atoms with Crippen LogP contribution >= 0.6 is 23.5 Å². The fourth-order valence-corrected chi connectivity index (χ4v) is 4.00. The Balaban J connectivity index is 1.89. The highest BCUT2D eigenvalue weighted by molar-refractivity contribution is 8.00. The van der Waals surface area contributed by atoms with Crippen LogP contribution in [0.25, 0.3) is 0 Å². The van der Waals surface area contributed by atoms with E-state index in [1.54, 1.807) is 11.8 Å². The monoisotopic (exact) mass is 311 g/mol. The van der Waals surface area contributed by atoms with E-state index in [1.807, 2.05) is 31.2 Å². The predicted molar refractivity (Wildman–Crippen MR) is 82.4 cm³/mol. The molecule has 1 atom stereocenters. The summed E-state index contributed by atoms with van der Waals surface area (Å²) < 4.78 is 0. The maximum absolute atomic E-state index is 11.9. The molecule has 0 bridgehead atoms. The number of hydrogen-bond acceptors (Lipinski definition) is 4. The summed E-state index contributed by atoms with van der Waals surface area (Å²) in [4.78, 5) is 24.3. The average molecular weight is 311 g/mol. The van der Waals surface area contributed by atoms with Crippen LogP contribution in [0.3, 0.4) is 0 Å². The Morgan fingerprint density at radius 3 is 2.65 bits per heavy atom. The quantitative estimate of drug-likeness (QED) is 0.816. The van der Waals surface area contributed by atoms with Gasteiger partial charge in [0.15, 0.2) is 0 Å². The Labute approximate surface area is 126 Å². The molecular weight excluding hydrogens is 294 g/mol. The van der Waals surface area contributed by atoms with Crippen LogP contribution in [0.5, 0.6) is 0 Å². The topological polar surface area (TPSA) is 66.4 Å². The number of aliphatic carboxylic acids is 1. The van der Waals surface area contributed by atoms with Crippen LogP contribution in [-0.2, 0) is 9.59 Å². The van der Waals surface area contributed by atoms with Gasteiger partial charge in [-0.15, -0.1) is 11.8 Å². The lowest BCUT2D eigenvalue weighted by Gasteiger charge is -2.24. The van der Waals surface area contributed by atoms with Gasteiger partial charge < -0.3 is 10.4 Å². The third-order valence-corrected chi connectivity index (χ3v) is 5.40. The SMILES string of the molecule is Cc1ccc(SCC(=O)NC2(C(=O)O)CCSC2)cc1. The molecule has 6 heteroatoms. The maximum atomic E-state index is 11.9. The number of rotatable bonds is 5. The first-order chi connectivity index (χ1) is 9.52. The van der Waals surface area contributed by atoms with E-state index in [9.17, 15) is 14.7 Å². The zero-order valence-electron chi connectivity index (χ0n) is 11.2. The second-order valence-corrected chi connectivity index (χ2v) is 6.99. The first-order valence-corrected chi connectivity index (χ1v) is 8.47. The number of carboxylic acid groups (broad SMARTS) is 1. The highest BCUT2D eigenvalue weighted by Crippen LogP contribution is 2.28. The van der Waals surface area contributed by atoms with Crippen LogP contribution in [0.1, 0.15) is 12.0 Å². The van der Waals surface area contributed by atoms with Crippen LogP contribution in [0, 0.1) is 6.92 Å². The number of amides is 1. The number of aryl methyl sites for hydroxylation is 1. The molecule has 1 amide bonds. The van der Waals surface area contributed by atoms with Crippen molar-refractivity contribution in [2.45, 2.75) is 23.8 Å². The summed E-state index contributed by atoms with van der Waals surface area (Å²) >= 11 is 2.98. The fourth-order valence-electron chi connectivity index (χ4n) is 1.97. The molecule has 1 aliphatic heterocycles. The maximum Gasteiger partial charge on any atom is 0.330 e. The summed E-state index contributed by atoms with van der Waals surface area (Å²) in [6, 6.07) is 7.91. The third kappa shape index (κ3) is 3.70. The van der Waals surface area contributed by atoms with E-state index in [-0.39, 0.29) is 11.7 Å². The number of carbonyl (C=O) groups excluding carboxylic acids is 1. The largest absolute Gasteiger partial charge is 0.479 e. The normalized spacial score (nSPS) is 21.6. The third-order valence-electron chi connectivity index (χ3n) is 3.20. The molecule has 1 aromatic carbocycles. The van der Waals surface area contributed by atoms with Gasteiger partial charge in [0.1, 0.15) is 5.54 Å². The Morgan fingerprint density at radius 1 is 1.40 bits per heavy atom. The Morgan fingerprint density at radius 2 is 2.10 bits per heavy atom. The minimum atomic E-state index is -1.07. The summed E-state index contributed by atoms with van der Waals surface area (Å²) in [5.74, 6) is 0.306. The van der Waals surface area contributed by atoms with Gasteiger partial charge in [-0.1, -0.05) is 17.7 Å². The molecule has 0 radical (unpaired) electrons. The number of carboxylic acids is 1. The van der Waals surface area contributed by atoms with Crippen molar-refractivity contribution in [2.24, 2.45) is 0 Å². The molecule has 1 fully saturated rings. The van der Waals surface area contributed by atoms with E-state index >= 15 is 0 Å². The molecule has 1 saturated heterocycles. The van der Waals surface area contributed by atoms with Crippen LogP contribution in [0.4, 0.5) is 0 Å². The van der Waals surface area contributed by atoms with Gasteiger partial charge >= 0.3 is 5.97 Å². The zero-order valence-corrected chi connectivity index (χ0v) is 12.9. The van der Waals surface area contributed by atoms with Gasteiger partial charge in [0.25, 0.3) is 0 Å². The Hall–Kier alpha value is -1.14. The smallest absolute Gasteiger partial charge is 0.330 e. The second-order valence-electron chi connectivity index (χ2n) is 4.84. The fraction of sp³-hybridized carbons (Fsp3) is 0.429. The zero-order chi connectivity index (χ0) is 14.6. The van der Waals surface area contributed by atoms with Gasteiger partial charge in [-0.2, -0.15) is 11.8 Å². The molecule has 1 aromatic rings. The Kier molecular flexibility index (Phi) is 4.99. The minimum Gasteiger partial charge on any atom is -0.479 e. The molecule has 108 valence electrons. The lowest BCUT2D eigenvalue weighted by molar-refractivity contribution is -0.146. The molecule has 1 unspecified atom stereocenters. The summed E-state index contributed by atoms with van der Waals surface area (Å²) in [7, 11) is 0. The van der Waals surface area contributed by atoms with Crippen molar-refractivity contribution in [1.82, 2.24) is 5.32 Å². The number of benzene rings is 1. The Bertz CT molecular complexity index is 496. The van der Waals surface area contributed by atoms with Crippen LogP contribution in [0.2, 0.25) is 0 Å². The van der Waals surface area contributed by atoms with E-state index in [0.717, 1.165) is 10.6 Å². The van der Waals surface area contributed by atoms with Gasteiger partial charge in [-0.05, 0) is 31.2 Å². The first kappa shape index (κ1) is 15.3. The summed E-state index contributed by atoms with van der Waals surface area (Å²) in [6.07, 6.45) is 0.494. The molecule has 2 N–H and O–H groups in total. The van der Waals surface area contributed by atoms with Gasteiger partial charge in [-0.25, -0.2) is 4.79 Å². The highest BCUT2D eigenvalue weighted by atomic mass is 32.2. The van der Waals surface area contributed by atoms with E-state index < -0.39 is 11.5 Å². The predicted octanol–water partition coefficient (Wildman–Crippen LogP) is 2.16. The van der Waals surface area contributed by atoms with E-state index in [0.29, 0.717) is 12.2 Å². The second kappa shape index (κ2) is 6.54.